The van der Waals surface area contributed by atoms with Crippen LogP contribution in [0, 0.1) is 5.82 Å². The van der Waals surface area contributed by atoms with Gasteiger partial charge in [-0.25, -0.2) is 4.39 Å². The predicted octanol–water partition coefficient (Wildman–Crippen LogP) is 5.01. The van der Waals surface area contributed by atoms with Crippen LogP contribution in [0.1, 0.15) is 28.9 Å². The summed E-state index contributed by atoms with van der Waals surface area (Å²) in [6.07, 6.45) is -0.694. The Balaban J connectivity index is 1.89. The van der Waals surface area contributed by atoms with Crippen LogP contribution in [0.4, 0.5) is 10.2 Å². The van der Waals surface area contributed by atoms with Crippen molar-refractivity contribution in [3.05, 3.63) is 69.5 Å². The molecule has 1 aromatic heterocycles. The molecule has 0 fully saturated rings. The van der Waals surface area contributed by atoms with Crippen molar-refractivity contribution >= 4 is 34.9 Å². The molecule has 3 rings (SSSR count). The first-order valence-electron chi connectivity index (χ1n) is 8.94. The van der Waals surface area contributed by atoms with E-state index in [1.54, 1.807) is 51.4 Å². The number of hydrogen-bond acceptors (Lipinski definition) is 5. The molecule has 1 amide bonds. The van der Waals surface area contributed by atoms with Gasteiger partial charge in [-0.3, -0.25) is 4.79 Å². The fourth-order valence-corrected chi connectivity index (χ4v) is 3.50. The van der Waals surface area contributed by atoms with Gasteiger partial charge in [-0.15, -0.1) is 10.2 Å². The Morgan fingerprint density at radius 3 is 2.43 bits per heavy atom. The quantitative estimate of drug-likeness (QED) is 0.554. The molecule has 2 aromatic carbocycles. The zero-order valence-corrected chi connectivity index (χ0v) is 18.0. The summed E-state index contributed by atoms with van der Waals surface area (Å²) in [7, 11) is 3.37. The Morgan fingerprint density at radius 1 is 1.13 bits per heavy atom. The summed E-state index contributed by atoms with van der Waals surface area (Å²) in [5.74, 6) is -0.391. The van der Waals surface area contributed by atoms with Gasteiger partial charge >= 0.3 is 0 Å². The number of benzene rings is 2. The van der Waals surface area contributed by atoms with E-state index in [0.29, 0.717) is 16.8 Å². The van der Waals surface area contributed by atoms with Gasteiger partial charge in [0.2, 0.25) is 0 Å². The highest BCUT2D eigenvalue weighted by Gasteiger charge is 2.20. The second-order valence-electron chi connectivity index (χ2n) is 6.77. The number of carbonyl (C=O) groups excluding carboxylic acids is 1. The van der Waals surface area contributed by atoms with E-state index in [1.165, 1.54) is 17.0 Å². The van der Waals surface area contributed by atoms with Crippen molar-refractivity contribution < 1.29 is 13.9 Å². The molecule has 6 nitrogen and oxygen atoms in total. The van der Waals surface area contributed by atoms with Crippen LogP contribution in [0.15, 0.2) is 42.5 Å². The Morgan fingerprint density at radius 2 is 1.80 bits per heavy atom. The molecular weight excluding hydrogens is 430 g/mol. The highest BCUT2D eigenvalue weighted by Crippen LogP contribution is 2.36. The average molecular weight is 449 g/mol. The second kappa shape index (κ2) is 8.85. The number of nitrogen functional groups attached to an aromatic ring is 1. The van der Waals surface area contributed by atoms with E-state index in [2.05, 4.69) is 10.2 Å². The number of nitrogens with two attached hydrogens (primary N) is 1. The fourth-order valence-electron chi connectivity index (χ4n) is 2.83. The zero-order chi connectivity index (χ0) is 22.0. The molecule has 1 unspecified atom stereocenters. The molecule has 156 valence electrons. The SMILES string of the molecule is CC(Oc1cc(-c2ccc(C(=O)N(C)C)cc2)nnc1N)c1c(Cl)ccc(F)c1Cl. The van der Waals surface area contributed by atoms with E-state index in [9.17, 15) is 9.18 Å². The van der Waals surface area contributed by atoms with E-state index in [4.69, 9.17) is 33.7 Å². The van der Waals surface area contributed by atoms with Crippen molar-refractivity contribution in [2.75, 3.05) is 19.8 Å². The van der Waals surface area contributed by atoms with Crippen LogP contribution < -0.4 is 10.5 Å². The third-order valence-corrected chi connectivity index (χ3v) is 5.12. The maximum Gasteiger partial charge on any atom is 0.253 e. The highest BCUT2D eigenvalue weighted by molar-refractivity contribution is 6.36. The van der Waals surface area contributed by atoms with Gasteiger partial charge in [0.1, 0.15) is 11.9 Å². The first-order valence-corrected chi connectivity index (χ1v) is 9.70. The number of carbonyl (C=O) groups is 1. The largest absolute Gasteiger partial charge is 0.482 e. The monoisotopic (exact) mass is 448 g/mol. The van der Waals surface area contributed by atoms with Crippen LogP contribution in [0.5, 0.6) is 5.75 Å². The molecule has 0 radical (unpaired) electrons. The number of ether oxygens (including phenoxy) is 1. The average Bonchev–Trinajstić information content (AvgIpc) is 2.72. The van der Waals surface area contributed by atoms with E-state index in [0.717, 1.165) is 5.56 Å². The summed E-state index contributed by atoms with van der Waals surface area (Å²) in [5, 5.41) is 8.18. The number of halogens is 3. The molecule has 0 bridgehead atoms. The van der Waals surface area contributed by atoms with Crippen LogP contribution in [-0.2, 0) is 0 Å². The van der Waals surface area contributed by atoms with Gasteiger partial charge in [0.05, 0.1) is 10.7 Å². The fraction of sp³-hybridized carbons (Fsp3) is 0.190. The van der Waals surface area contributed by atoms with E-state index < -0.39 is 11.9 Å². The van der Waals surface area contributed by atoms with Crippen molar-refractivity contribution in [1.29, 1.82) is 0 Å². The van der Waals surface area contributed by atoms with E-state index >= 15 is 0 Å². The highest BCUT2D eigenvalue weighted by atomic mass is 35.5. The minimum absolute atomic E-state index is 0.0636. The van der Waals surface area contributed by atoms with E-state index in [1.807, 2.05) is 0 Å². The van der Waals surface area contributed by atoms with Crippen molar-refractivity contribution in [2.45, 2.75) is 13.0 Å². The summed E-state index contributed by atoms with van der Waals surface area (Å²) in [5.41, 5.74) is 7.98. The molecule has 0 aliphatic rings. The lowest BCUT2D eigenvalue weighted by molar-refractivity contribution is 0.0827. The molecule has 0 aliphatic carbocycles. The lowest BCUT2D eigenvalue weighted by atomic mass is 10.1. The van der Waals surface area contributed by atoms with Crippen molar-refractivity contribution in [3.63, 3.8) is 0 Å². The molecule has 2 N–H and O–H groups in total. The molecule has 1 atom stereocenters. The third kappa shape index (κ3) is 4.47. The number of amides is 1. The second-order valence-corrected chi connectivity index (χ2v) is 7.56. The third-order valence-electron chi connectivity index (χ3n) is 4.41. The molecule has 0 saturated carbocycles. The summed E-state index contributed by atoms with van der Waals surface area (Å²) in [6.45, 7) is 1.67. The van der Waals surface area contributed by atoms with Crippen LogP contribution in [0.3, 0.4) is 0 Å². The van der Waals surface area contributed by atoms with Crippen molar-refractivity contribution in [1.82, 2.24) is 15.1 Å². The number of aromatic nitrogens is 2. The molecule has 0 spiro atoms. The number of anilines is 1. The number of rotatable bonds is 5. The van der Waals surface area contributed by atoms with Gasteiger partial charge in [-0.1, -0.05) is 35.3 Å². The maximum atomic E-state index is 13.8. The van der Waals surface area contributed by atoms with Gasteiger partial charge in [0.25, 0.3) is 5.91 Å². The van der Waals surface area contributed by atoms with Crippen LogP contribution >= 0.6 is 23.2 Å². The summed E-state index contributed by atoms with van der Waals surface area (Å²) >= 11 is 12.2. The number of nitrogens with zero attached hydrogens (tertiary/aromatic N) is 3. The van der Waals surface area contributed by atoms with Crippen LogP contribution in [0.25, 0.3) is 11.3 Å². The Labute approximate surface area is 183 Å². The summed E-state index contributed by atoms with van der Waals surface area (Å²) in [6, 6.07) is 11.1. The minimum Gasteiger partial charge on any atom is -0.482 e. The Hall–Kier alpha value is -2.90. The smallest absolute Gasteiger partial charge is 0.253 e. The summed E-state index contributed by atoms with van der Waals surface area (Å²) in [4.78, 5) is 13.5. The topological polar surface area (TPSA) is 81.3 Å². The lowest BCUT2D eigenvalue weighted by Crippen LogP contribution is -2.21. The minimum atomic E-state index is -0.694. The Kier molecular flexibility index (Phi) is 6.43. The standard InChI is InChI=1S/C21H19Cl2FN4O2/c1-11(18-14(22)8-9-15(24)19(18)23)30-17-10-16(26-27-20(17)25)12-4-6-13(7-5-12)21(29)28(2)3/h4-11H,1-3H3,(H2,25,27). The zero-order valence-electron chi connectivity index (χ0n) is 16.5. The lowest BCUT2D eigenvalue weighted by Gasteiger charge is -2.19. The van der Waals surface area contributed by atoms with Gasteiger partial charge in [-0.05, 0) is 31.2 Å². The van der Waals surface area contributed by atoms with Crippen molar-refractivity contribution in [2.24, 2.45) is 0 Å². The first-order chi connectivity index (χ1) is 14.2. The van der Waals surface area contributed by atoms with Crippen LogP contribution in [0.2, 0.25) is 10.0 Å². The molecule has 3 aromatic rings. The van der Waals surface area contributed by atoms with Gasteiger partial charge in [0.15, 0.2) is 11.6 Å². The molecular formula is C21H19Cl2FN4O2. The molecule has 0 saturated heterocycles. The van der Waals surface area contributed by atoms with E-state index in [-0.39, 0.29) is 27.5 Å². The number of hydrogen-bond donors (Lipinski definition) is 1. The Bertz CT molecular complexity index is 1090. The van der Waals surface area contributed by atoms with Crippen molar-refractivity contribution in [3.8, 4) is 17.0 Å². The van der Waals surface area contributed by atoms with Gasteiger partial charge in [0, 0.05) is 41.9 Å². The first kappa shape index (κ1) is 21.8. The molecule has 1 heterocycles. The van der Waals surface area contributed by atoms with Crippen LogP contribution in [-0.4, -0.2) is 35.1 Å². The predicted molar refractivity (Wildman–Crippen MR) is 115 cm³/mol. The molecule has 0 aliphatic heterocycles. The molecule has 9 heteroatoms. The summed E-state index contributed by atoms with van der Waals surface area (Å²) < 4.78 is 19.7. The normalized spacial score (nSPS) is 11.8. The van der Waals surface area contributed by atoms with Gasteiger partial charge in [-0.2, -0.15) is 0 Å². The van der Waals surface area contributed by atoms with Gasteiger partial charge < -0.3 is 15.4 Å². The maximum absolute atomic E-state index is 13.8. The molecule has 30 heavy (non-hydrogen) atoms.